The van der Waals surface area contributed by atoms with Gasteiger partial charge in [-0.2, -0.15) is 0 Å². The van der Waals surface area contributed by atoms with Gasteiger partial charge in [0.1, 0.15) is 0 Å². The maximum atomic E-state index is 11.3. The van der Waals surface area contributed by atoms with Crippen molar-refractivity contribution in [3.63, 3.8) is 0 Å². The van der Waals surface area contributed by atoms with Crippen LogP contribution in [0.2, 0.25) is 0 Å². The molecule has 0 bridgehead atoms. The second-order valence-electron chi connectivity index (χ2n) is 10.2. The third-order valence-electron chi connectivity index (χ3n) is 9.23. The van der Waals surface area contributed by atoms with Gasteiger partial charge in [-0.3, -0.25) is 4.98 Å². The topological polar surface area (TPSA) is 73.6 Å². The van der Waals surface area contributed by atoms with Gasteiger partial charge < -0.3 is 15.3 Å². The van der Waals surface area contributed by atoms with Gasteiger partial charge >= 0.3 is 0 Å². The zero-order valence-electron chi connectivity index (χ0n) is 16.8. The molecule has 4 aliphatic carbocycles. The summed E-state index contributed by atoms with van der Waals surface area (Å²) < 4.78 is 0. The molecule has 28 heavy (non-hydrogen) atoms. The molecule has 3 fully saturated rings. The van der Waals surface area contributed by atoms with Crippen LogP contribution in [0.3, 0.4) is 0 Å². The van der Waals surface area contributed by atoms with Gasteiger partial charge in [-0.15, -0.1) is 0 Å². The summed E-state index contributed by atoms with van der Waals surface area (Å²) in [6, 6.07) is 4.07. The number of aliphatic hydroxyl groups is 3. The Morgan fingerprint density at radius 3 is 2.75 bits per heavy atom. The van der Waals surface area contributed by atoms with E-state index in [2.05, 4.69) is 24.1 Å². The lowest BCUT2D eigenvalue weighted by atomic mass is 9.43. The van der Waals surface area contributed by atoms with E-state index in [0.29, 0.717) is 17.8 Å². The zero-order chi connectivity index (χ0) is 19.5. The molecule has 0 amide bonds. The third kappa shape index (κ3) is 2.50. The Labute approximate surface area is 167 Å². The first-order chi connectivity index (χ1) is 13.5. The Morgan fingerprint density at radius 2 is 2.00 bits per heavy atom. The van der Waals surface area contributed by atoms with Gasteiger partial charge in [-0.1, -0.05) is 19.1 Å². The summed E-state index contributed by atoms with van der Waals surface area (Å²) in [5, 5.41) is 32.1. The quantitative estimate of drug-likeness (QED) is 0.732. The highest BCUT2D eigenvalue weighted by Crippen LogP contribution is 2.67. The van der Waals surface area contributed by atoms with Gasteiger partial charge in [-0.25, -0.2) is 0 Å². The fraction of sp³-hybridized carbons (Fsp3) is 0.708. The summed E-state index contributed by atoms with van der Waals surface area (Å²) in [5.41, 5.74) is 2.32. The Hall–Kier alpha value is -1.23. The van der Waals surface area contributed by atoms with Crippen molar-refractivity contribution in [1.29, 1.82) is 0 Å². The number of rotatable bonds is 2. The largest absolute Gasteiger partial charge is 0.395 e. The molecule has 1 heterocycles. The summed E-state index contributed by atoms with van der Waals surface area (Å²) in [5.74, 6) is 1.44. The van der Waals surface area contributed by atoms with Crippen LogP contribution in [-0.2, 0) is 0 Å². The van der Waals surface area contributed by atoms with E-state index in [1.165, 1.54) is 5.57 Å². The fourth-order valence-corrected chi connectivity index (χ4v) is 7.82. The number of fused-ring (bicyclic) bond motifs is 5. The zero-order valence-corrected chi connectivity index (χ0v) is 16.8. The second kappa shape index (κ2) is 6.65. The lowest BCUT2D eigenvalue weighted by Gasteiger charge is -2.62. The van der Waals surface area contributed by atoms with Crippen LogP contribution < -0.4 is 0 Å². The number of nitrogens with zero attached hydrogens (tertiary/aromatic N) is 1. The molecule has 4 heteroatoms. The minimum Gasteiger partial charge on any atom is -0.395 e. The highest BCUT2D eigenvalue weighted by molar-refractivity contribution is 5.73. The molecule has 4 nitrogen and oxygen atoms in total. The summed E-state index contributed by atoms with van der Waals surface area (Å²) >= 11 is 0. The molecule has 0 saturated heterocycles. The van der Waals surface area contributed by atoms with Crippen molar-refractivity contribution in [2.24, 2.45) is 34.5 Å². The summed E-state index contributed by atoms with van der Waals surface area (Å²) in [6.45, 7) is 2.57. The molecule has 0 spiro atoms. The van der Waals surface area contributed by atoms with E-state index in [1.54, 1.807) is 6.20 Å². The molecule has 152 valence electrons. The molecule has 0 radical (unpaired) electrons. The van der Waals surface area contributed by atoms with Crippen LogP contribution in [0.25, 0.3) is 5.57 Å². The molecule has 8 atom stereocenters. The number of hydrogen-bond acceptors (Lipinski definition) is 4. The number of allylic oxidation sites excluding steroid dienone is 1. The standard InChI is InChI=1S/C24H33NO3/c1-23-8-6-17(27)11-16(23)12-21(28)22-19(23)7-9-24(14-26)18(4-5-20(22)24)15-3-2-10-25-13-15/h2-4,10,13,16-17,19-22,26-28H,5-9,11-12,14H2,1H3/t16?,17-,19-,20-,21-,22+,23-,24-/m0/s1. The Balaban J connectivity index is 1.50. The average molecular weight is 384 g/mol. The molecule has 0 aliphatic heterocycles. The van der Waals surface area contributed by atoms with Crippen molar-refractivity contribution in [2.75, 3.05) is 6.61 Å². The first kappa shape index (κ1) is 18.8. The SMILES string of the molecule is C[C@]12CC[C@H](O)CC1C[C@H](O)[C@H]1[C@@H]3CC=C(c4cccnc4)[C@@]3(CO)CC[C@@H]12. The third-order valence-corrected chi connectivity index (χ3v) is 9.23. The molecule has 1 unspecified atom stereocenters. The molecule has 3 saturated carbocycles. The maximum Gasteiger partial charge on any atom is 0.0577 e. The maximum absolute atomic E-state index is 11.3. The van der Waals surface area contributed by atoms with Crippen molar-refractivity contribution in [2.45, 2.75) is 64.1 Å². The van der Waals surface area contributed by atoms with Crippen molar-refractivity contribution in [3.8, 4) is 0 Å². The second-order valence-corrected chi connectivity index (χ2v) is 10.2. The van der Waals surface area contributed by atoms with E-state index >= 15 is 0 Å². The van der Waals surface area contributed by atoms with Gasteiger partial charge in [0.15, 0.2) is 0 Å². The average Bonchev–Trinajstić information content (AvgIpc) is 3.10. The molecule has 5 rings (SSSR count). The normalized spacial score (nSPS) is 47.6. The van der Waals surface area contributed by atoms with Crippen LogP contribution in [0.5, 0.6) is 0 Å². The number of hydrogen-bond donors (Lipinski definition) is 3. The molecule has 3 N–H and O–H groups in total. The summed E-state index contributed by atoms with van der Waals surface area (Å²) in [6.07, 6.45) is 12.1. The summed E-state index contributed by atoms with van der Waals surface area (Å²) in [7, 11) is 0. The molecular weight excluding hydrogens is 350 g/mol. The van der Waals surface area contributed by atoms with Gasteiger partial charge in [0.2, 0.25) is 0 Å². The van der Waals surface area contributed by atoms with Crippen molar-refractivity contribution >= 4 is 5.57 Å². The molecule has 0 aromatic carbocycles. The van der Waals surface area contributed by atoms with Crippen molar-refractivity contribution < 1.29 is 15.3 Å². The van der Waals surface area contributed by atoms with E-state index in [-0.39, 0.29) is 35.6 Å². The van der Waals surface area contributed by atoms with E-state index in [0.717, 1.165) is 50.5 Å². The molecule has 1 aromatic rings. The van der Waals surface area contributed by atoms with Crippen LogP contribution in [0, 0.1) is 34.5 Å². The predicted octanol–water partition coefficient (Wildman–Crippen LogP) is 3.42. The van der Waals surface area contributed by atoms with Gasteiger partial charge in [0.05, 0.1) is 18.8 Å². The van der Waals surface area contributed by atoms with Crippen molar-refractivity contribution in [1.82, 2.24) is 4.98 Å². The smallest absolute Gasteiger partial charge is 0.0577 e. The fourth-order valence-electron chi connectivity index (χ4n) is 7.82. The minimum atomic E-state index is -0.328. The first-order valence-corrected chi connectivity index (χ1v) is 11.1. The first-order valence-electron chi connectivity index (χ1n) is 11.1. The van der Waals surface area contributed by atoms with Crippen LogP contribution in [0.4, 0.5) is 0 Å². The molecule has 4 aliphatic rings. The van der Waals surface area contributed by atoms with E-state index in [9.17, 15) is 15.3 Å². The molecular formula is C24H33NO3. The van der Waals surface area contributed by atoms with Crippen LogP contribution in [-0.4, -0.2) is 39.1 Å². The number of pyridine rings is 1. The van der Waals surface area contributed by atoms with Crippen LogP contribution >= 0.6 is 0 Å². The highest BCUT2D eigenvalue weighted by atomic mass is 16.3. The van der Waals surface area contributed by atoms with Crippen LogP contribution in [0.15, 0.2) is 30.6 Å². The minimum absolute atomic E-state index is 0.146. The lowest BCUT2D eigenvalue weighted by Crippen LogP contribution is -2.59. The van der Waals surface area contributed by atoms with Crippen molar-refractivity contribution in [3.05, 3.63) is 36.2 Å². The number of aliphatic hydroxyl groups excluding tert-OH is 3. The predicted molar refractivity (Wildman–Crippen MR) is 108 cm³/mol. The van der Waals surface area contributed by atoms with E-state index in [4.69, 9.17) is 0 Å². The highest BCUT2D eigenvalue weighted by Gasteiger charge is 2.62. The number of aromatic nitrogens is 1. The van der Waals surface area contributed by atoms with Gasteiger partial charge in [0.25, 0.3) is 0 Å². The van der Waals surface area contributed by atoms with Gasteiger partial charge in [-0.05, 0) is 91.2 Å². The van der Waals surface area contributed by atoms with Crippen LogP contribution in [0.1, 0.15) is 57.4 Å². The Kier molecular flexibility index (Phi) is 4.46. The lowest BCUT2D eigenvalue weighted by molar-refractivity contribution is -0.169. The molecule has 1 aromatic heterocycles. The Bertz CT molecular complexity index is 764. The Morgan fingerprint density at radius 1 is 1.14 bits per heavy atom. The van der Waals surface area contributed by atoms with E-state index in [1.807, 2.05) is 12.3 Å². The van der Waals surface area contributed by atoms with Gasteiger partial charge in [0, 0.05) is 17.8 Å². The summed E-state index contributed by atoms with van der Waals surface area (Å²) in [4.78, 5) is 4.31. The van der Waals surface area contributed by atoms with E-state index < -0.39 is 0 Å². The monoisotopic (exact) mass is 383 g/mol.